The van der Waals surface area contributed by atoms with Gasteiger partial charge in [0, 0.05) is 0 Å². The summed E-state index contributed by atoms with van der Waals surface area (Å²) in [6.07, 6.45) is -5.25. The second-order valence-electron chi connectivity index (χ2n) is 0.446. The number of hydrogen-bond acceptors (Lipinski definition) is 1. The summed E-state index contributed by atoms with van der Waals surface area (Å²) in [7, 11) is 0. The van der Waals surface area contributed by atoms with Gasteiger partial charge in [-0.1, -0.05) is 0 Å². The molecule has 0 rings (SSSR count). The molecule has 0 atom stereocenters. The first-order valence-electron chi connectivity index (χ1n) is 0.771. The van der Waals surface area contributed by atoms with E-state index < -0.39 is 6.36 Å². The smallest absolute Gasteiger partial charge is 0.771 e. The molecule has 0 fully saturated rings. The van der Waals surface area contributed by atoms with E-state index in [1.54, 1.807) is 0 Å². The van der Waals surface area contributed by atoms with Crippen molar-refractivity contribution in [1.29, 1.82) is 0 Å². The predicted octanol–water partition coefficient (Wildman–Crippen LogP) is -3.13. The van der Waals surface area contributed by atoms with E-state index >= 15 is 0 Å². The van der Waals surface area contributed by atoms with E-state index in [2.05, 4.69) is 0 Å². The molecule has 0 unspecified atom stereocenters. The minimum absolute atomic E-state index is 0. The van der Waals surface area contributed by atoms with Gasteiger partial charge in [0.15, 0.2) is 0 Å². The van der Waals surface area contributed by atoms with Crippen molar-refractivity contribution < 1.29 is 37.1 Å². The molecule has 0 aliphatic heterocycles. The van der Waals surface area contributed by atoms with Gasteiger partial charge in [0.05, 0.1) is 0 Å². The van der Waals surface area contributed by atoms with Crippen molar-refractivity contribution in [3.63, 3.8) is 0 Å². The first-order valence-corrected chi connectivity index (χ1v) is 0.771. The predicted molar refractivity (Wildman–Crippen MR) is 6.05 cm³/mol. The minimum Gasteiger partial charge on any atom is -0.771 e. The molecular weight excluding hydrogens is 91.9 g/mol. The number of alkyl halides is 3. The Morgan fingerprint density at radius 1 is 1.17 bits per heavy atom. The number of halogens is 3. The molecule has 0 aliphatic carbocycles. The maximum atomic E-state index is 9.80. The monoisotopic (exact) mass is 92.0 g/mol. The number of rotatable bonds is 0. The van der Waals surface area contributed by atoms with E-state index in [9.17, 15) is 13.2 Å². The Labute approximate surface area is 44.3 Å². The second-order valence-corrected chi connectivity index (χ2v) is 0.446. The second kappa shape index (κ2) is 2.51. The van der Waals surface area contributed by atoms with Crippen LogP contribution in [0.4, 0.5) is 13.2 Å². The van der Waals surface area contributed by atoms with E-state index in [1.165, 1.54) is 0 Å². The third-order valence-electron chi connectivity index (χ3n) is 0. The van der Waals surface area contributed by atoms with Crippen molar-refractivity contribution in [2.24, 2.45) is 0 Å². The normalized spacial score (nSPS) is 10.0. The van der Waals surface area contributed by atoms with Gasteiger partial charge in [-0.15, -0.1) is 0 Å². The van der Waals surface area contributed by atoms with Gasteiger partial charge >= 0.3 is 25.2 Å². The van der Waals surface area contributed by atoms with Crippen LogP contribution < -0.4 is 24.0 Å². The molecule has 0 aromatic heterocycles. The Morgan fingerprint density at radius 2 is 1.17 bits per heavy atom. The molecular formula is CF3LiO. The van der Waals surface area contributed by atoms with Gasteiger partial charge in [-0.25, -0.2) is 0 Å². The van der Waals surface area contributed by atoms with E-state index in [4.69, 9.17) is 5.11 Å². The van der Waals surface area contributed by atoms with Crippen LogP contribution >= 0.6 is 0 Å². The molecule has 0 saturated carbocycles. The van der Waals surface area contributed by atoms with E-state index in [0.29, 0.717) is 0 Å². The van der Waals surface area contributed by atoms with Crippen LogP contribution in [0.1, 0.15) is 0 Å². The van der Waals surface area contributed by atoms with Crippen molar-refractivity contribution in [1.82, 2.24) is 0 Å². The molecule has 0 bridgehead atoms. The van der Waals surface area contributed by atoms with Crippen molar-refractivity contribution in [3.8, 4) is 0 Å². The van der Waals surface area contributed by atoms with E-state index in [0.717, 1.165) is 0 Å². The molecule has 0 heterocycles. The molecule has 0 aromatic rings. The first-order chi connectivity index (χ1) is 2.00. The van der Waals surface area contributed by atoms with Crippen LogP contribution in [0.2, 0.25) is 0 Å². The molecule has 0 aliphatic rings. The van der Waals surface area contributed by atoms with Crippen LogP contribution in [-0.4, -0.2) is 6.36 Å². The maximum Gasteiger partial charge on any atom is 1.00 e. The average molecular weight is 91.9 g/mol. The van der Waals surface area contributed by atoms with Gasteiger partial charge in [-0.05, 0) is 0 Å². The zero-order valence-corrected chi connectivity index (χ0v) is 3.04. The average Bonchev–Trinajstić information content (AvgIpc) is 0.722. The first kappa shape index (κ1) is 9.60. The van der Waals surface area contributed by atoms with Crippen LogP contribution in [0.15, 0.2) is 0 Å². The summed E-state index contributed by atoms with van der Waals surface area (Å²) in [5, 5.41) is 8.10. The van der Waals surface area contributed by atoms with E-state index in [1.807, 2.05) is 0 Å². The Morgan fingerprint density at radius 3 is 1.17 bits per heavy atom. The fourth-order valence-electron chi connectivity index (χ4n) is 0. The van der Waals surface area contributed by atoms with Gasteiger partial charge in [0.2, 0.25) is 0 Å². The van der Waals surface area contributed by atoms with Gasteiger partial charge in [0.25, 0.3) is 0 Å². The summed E-state index contributed by atoms with van der Waals surface area (Å²) in [6, 6.07) is 0. The molecule has 6 heavy (non-hydrogen) atoms. The third-order valence-corrected chi connectivity index (χ3v) is 0. The van der Waals surface area contributed by atoms with Gasteiger partial charge in [-0.3, -0.25) is 0 Å². The summed E-state index contributed by atoms with van der Waals surface area (Å²) in [6.45, 7) is 0. The summed E-state index contributed by atoms with van der Waals surface area (Å²) < 4.78 is 29.4. The molecule has 0 saturated heterocycles. The zero-order chi connectivity index (χ0) is 4.50. The molecule has 0 spiro atoms. The Balaban J connectivity index is 0. The van der Waals surface area contributed by atoms with Gasteiger partial charge in [-0.2, -0.15) is 13.2 Å². The van der Waals surface area contributed by atoms with Gasteiger partial charge < -0.3 is 5.11 Å². The van der Waals surface area contributed by atoms with Crippen LogP contribution in [0.3, 0.4) is 0 Å². The van der Waals surface area contributed by atoms with Crippen LogP contribution in [-0.2, 0) is 0 Å². The van der Waals surface area contributed by atoms with Crippen LogP contribution in [0, 0.1) is 0 Å². The molecule has 5 heteroatoms. The van der Waals surface area contributed by atoms with Gasteiger partial charge in [0.1, 0.15) is 0 Å². The molecule has 0 aromatic carbocycles. The third kappa shape index (κ3) is 404. The van der Waals surface area contributed by atoms with Crippen molar-refractivity contribution >= 4 is 0 Å². The largest absolute Gasteiger partial charge is 1.00 e. The zero-order valence-electron chi connectivity index (χ0n) is 3.04. The molecule has 0 amide bonds. The quantitative estimate of drug-likeness (QED) is 0.290. The molecule has 32 valence electrons. The topological polar surface area (TPSA) is 23.1 Å². The SMILES string of the molecule is [Li+].[O-]C(F)(F)F. The standard InChI is InChI=1S/CF3O.Li/c2-1(3,4)5;/q-1;+1. The molecule has 0 N–H and O–H groups in total. The summed E-state index contributed by atoms with van der Waals surface area (Å²) in [5.74, 6) is 0. The minimum atomic E-state index is -5.25. The van der Waals surface area contributed by atoms with Crippen molar-refractivity contribution in [2.45, 2.75) is 6.36 Å². The molecule has 1 nitrogen and oxygen atoms in total. The summed E-state index contributed by atoms with van der Waals surface area (Å²) in [4.78, 5) is 0. The molecule has 0 radical (unpaired) electrons. The number of hydrogen-bond donors (Lipinski definition) is 0. The maximum absolute atomic E-state index is 9.80. The Bertz CT molecular complexity index is 26.3. The van der Waals surface area contributed by atoms with Crippen molar-refractivity contribution in [2.75, 3.05) is 0 Å². The summed E-state index contributed by atoms with van der Waals surface area (Å²) >= 11 is 0. The van der Waals surface area contributed by atoms with E-state index in [-0.39, 0.29) is 18.9 Å². The Hall–Kier alpha value is 0.347. The fraction of sp³-hybridized carbons (Fsp3) is 1.00. The van der Waals surface area contributed by atoms with Crippen LogP contribution in [0.5, 0.6) is 0 Å². The summed E-state index contributed by atoms with van der Waals surface area (Å²) in [5.41, 5.74) is 0. The van der Waals surface area contributed by atoms with Crippen molar-refractivity contribution in [3.05, 3.63) is 0 Å². The fourth-order valence-corrected chi connectivity index (χ4v) is 0. The van der Waals surface area contributed by atoms with Crippen LogP contribution in [0.25, 0.3) is 0 Å². The Kier molecular flexibility index (Phi) is 4.01.